The van der Waals surface area contributed by atoms with Gasteiger partial charge in [-0.15, -0.1) is 0 Å². The van der Waals surface area contributed by atoms with Gasteiger partial charge in [-0.3, -0.25) is 0 Å². The normalized spacial score (nSPS) is 19.2. The van der Waals surface area contributed by atoms with E-state index in [2.05, 4.69) is 16.8 Å². The maximum Gasteiger partial charge on any atom is 0.129 e. The fourth-order valence-electron chi connectivity index (χ4n) is 2.18. The molecule has 0 aromatic carbocycles. The molecule has 1 fully saturated rings. The minimum atomic E-state index is -0.0637. The number of halogens is 1. The summed E-state index contributed by atoms with van der Waals surface area (Å²) in [5, 5.41) is 9.73. The summed E-state index contributed by atoms with van der Waals surface area (Å²) in [7, 11) is 0. The molecular formula is C13H19ClN2O2. The predicted molar refractivity (Wildman–Crippen MR) is 72.0 cm³/mol. The summed E-state index contributed by atoms with van der Waals surface area (Å²) in [6.45, 7) is 4.59. The fourth-order valence-corrected chi connectivity index (χ4v) is 2.34. The number of hydrogen-bond acceptors (Lipinski definition) is 4. The average molecular weight is 271 g/mol. The van der Waals surface area contributed by atoms with Gasteiger partial charge in [0.05, 0.1) is 17.7 Å². The van der Waals surface area contributed by atoms with E-state index in [9.17, 15) is 5.11 Å². The number of nitrogens with zero attached hydrogens (tertiary/aromatic N) is 2. The first-order valence-corrected chi connectivity index (χ1v) is 6.74. The molecule has 1 aliphatic heterocycles. The van der Waals surface area contributed by atoms with Gasteiger partial charge < -0.3 is 14.7 Å². The van der Waals surface area contributed by atoms with Gasteiger partial charge in [0.25, 0.3) is 0 Å². The van der Waals surface area contributed by atoms with Crippen molar-refractivity contribution >= 4 is 17.4 Å². The zero-order chi connectivity index (χ0) is 13.0. The predicted octanol–water partition coefficient (Wildman–Crippen LogP) is 2.23. The molecule has 1 aliphatic rings. The lowest BCUT2D eigenvalue weighted by molar-refractivity contribution is 0.115. The number of hydrogen-bond donors (Lipinski definition) is 1. The van der Waals surface area contributed by atoms with Crippen LogP contribution in [0, 0.1) is 0 Å². The van der Waals surface area contributed by atoms with Crippen molar-refractivity contribution in [3.63, 3.8) is 0 Å². The fraction of sp³-hybridized carbons (Fsp3) is 0.615. The van der Waals surface area contributed by atoms with Crippen LogP contribution in [0.5, 0.6) is 0 Å². The molecule has 5 heteroatoms. The Morgan fingerprint density at radius 1 is 1.61 bits per heavy atom. The molecule has 1 aromatic heterocycles. The number of aliphatic hydroxyl groups excluding tert-OH is 1. The molecule has 0 saturated carbocycles. The minimum Gasteiger partial charge on any atom is -0.392 e. The van der Waals surface area contributed by atoms with E-state index in [1.54, 1.807) is 6.20 Å². The number of ether oxygens (including phenoxy) is 1. The largest absolute Gasteiger partial charge is 0.392 e. The molecule has 100 valence electrons. The highest BCUT2D eigenvalue weighted by Crippen LogP contribution is 2.22. The monoisotopic (exact) mass is 270 g/mol. The second-order valence-corrected chi connectivity index (χ2v) is 4.87. The maximum absolute atomic E-state index is 9.23. The summed E-state index contributed by atoms with van der Waals surface area (Å²) >= 11 is 5.95. The number of pyridine rings is 1. The first-order chi connectivity index (χ1) is 8.74. The van der Waals surface area contributed by atoms with Gasteiger partial charge in [0, 0.05) is 31.5 Å². The number of likely N-dealkylation sites (N-methyl/N-ethyl adjacent to an activating group) is 1. The third-order valence-electron chi connectivity index (χ3n) is 3.24. The molecule has 1 N–H and O–H groups in total. The Labute approximate surface area is 113 Å². The van der Waals surface area contributed by atoms with Crippen LogP contribution in [-0.4, -0.2) is 35.9 Å². The first-order valence-electron chi connectivity index (χ1n) is 6.36. The van der Waals surface area contributed by atoms with Crippen molar-refractivity contribution in [2.24, 2.45) is 0 Å². The van der Waals surface area contributed by atoms with E-state index in [4.69, 9.17) is 16.3 Å². The van der Waals surface area contributed by atoms with Crippen molar-refractivity contribution in [1.29, 1.82) is 0 Å². The lowest BCUT2D eigenvalue weighted by Crippen LogP contribution is -2.32. The Hall–Kier alpha value is -0.840. The standard InChI is InChI=1S/C13H19ClN2O2/c1-2-16(8-11-4-3-5-18-11)13-6-10(9-17)12(14)7-15-13/h6-7,11,17H,2-5,8-9H2,1H3. The van der Waals surface area contributed by atoms with E-state index >= 15 is 0 Å². The smallest absolute Gasteiger partial charge is 0.129 e. The third kappa shape index (κ3) is 3.13. The lowest BCUT2D eigenvalue weighted by Gasteiger charge is -2.25. The molecule has 0 spiro atoms. The third-order valence-corrected chi connectivity index (χ3v) is 3.58. The number of aromatic nitrogens is 1. The second kappa shape index (κ2) is 6.36. The number of rotatable bonds is 5. The summed E-state index contributed by atoms with van der Waals surface area (Å²) < 4.78 is 5.64. The summed E-state index contributed by atoms with van der Waals surface area (Å²) in [5.41, 5.74) is 0.715. The van der Waals surface area contributed by atoms with Crippen molar-refractivity contribution in [3.05, 3.63) is 22.8 Å². The highest BCUT2D eigenvalue weighted by atomic mass is 35.5. The average Bonchev–Trinajstić information content (AvgIpc) is 2.89. The molecule has 1 atom stereocenters. The summed E-state index contributed by atoms with van der Waals surface area (Å²) in [6, 6.07) is 1.85. The first kappa shape index (κ1) is 13.6. The molecule has 2 rings (SSSR count). The zero-order valence-electron chi connectivity index (χ0n) is 10.6. The van der Waals surface area contributed by atoms with Crippen LogP contribution >= 0.6 is 11.6 Å². The van der Waals surface area contributed by atoms with Crippen LogP contribution in [0.4, 0.5) is 5.82 Å². The Morgan fingerprint density at radius 2 is 2.44 bits per heavy atom. The molecule has 0 amide bonds. The van der Waals surface area contributed by atoms with Crippen molar-refractivity contribution in [1.82, 2.24) is 4.98 Å². The number of aliphatic hydroxyl groups is 1. The molecule has 2 heterocycles. The van der Waals surface area contributed by atoms with Crippen LogP contribution in [0.15, 0.2) is 12.3 Å². The number of anilines is 1. The van der Waals surface area contributed by atoms with Gasteiger partial charge in [0.15, 0.2) is 0 Å². The van der Waals surface area contributed by atoms with Gasteiger partial charge in [-0.2, -0.15) is 0 Å². The molecule has 0 aliphatic carbocycles. The minimum absolute atomic E-state index is 0.0637. The molecule has 1 unspecified atom stereocenters. The zero-order valence-corrected chi connectivity index (χ0v) is 11.4. The van der Waals surface area contributed by atoms with E-state index in [-0.39, 0.29) is 6.61 Å². The lowest BCUT2D eigenvalue weighted by atomic mass is 10.2. The van der Waals surface area contributed by atoms with E-state index in [1.807, 2.05) is 6.07 Å². The Morgan fingerprint density at radius 3 is 3.06 bits per heavy atom. The van der Waals surface area contributed by atoms with Gasteiger partial charge in [0.1, 0.15) is 5.82 Å². The van der Waals surface area contributed by atoms with Gasteiger partial charge in [0.2, 0.25) is 0 Å². The molecule has 0 radical (unpaired) electrons. The van der Waals surface area contributed by atoms with Gasteiger partial charge >= 0.3 is 0 Å². The quantitative estimate of drug-likeness (QED) is 0.891. The molecule has 1 saturated heterocycles. The second-order valence-electron chi connectivity index (χ2n) is 4.47. The van der Waals surface area contributed by atoms with E-state index < -0.39 is 0 Å². The summed E-state index contributed by atoms with van der Waals surface area (Å²) in [4.78, 5) is 6.49. The van der Waals surface area contributed by atoms with E-state index in [0.717, 1.165) is 38.4 Å². The van der Waals surface area contributed by atoms with Crippen molar-refractivity contribution in [2.75, 3.05) is 24.6 Å². The van der Waals surface area contributed by atoms with Crippen molar-refractivity contribution in [3.8, 4) is 0 Å². The topological polar surface area (TPSA) is 45.6 Å². The van der Waals surface area contributed by atoms with E-state index in [1.165, 1.54) is 0 Å². The van der Waals surface area contributed by atoms with Crippen molar-refractivity contribution < 1.29 is 9.84 Å². The van der Waals surface area contributed by atoms with Crippen LogP contribution in [0.3, 0.4) is 0 Å². The Kier molecular flexibility index (Phi) is 4.80. The molecule has 18 heavy (non-hydrogen) atoms. The van der Waals surface area contributed by atoms with Crippen LogP contribution in [-0.2, 0) is 11.3 Å². The highest BCUT2D eigenvalue weighted by molar-refractivity contribution is 6.31. The van der Waals surface area contributed by atoms with Crippen LogP contribution in [0.2, 0.25) is 5.02 Å². The van der Waals surface area contributed by atoms with Gasteiger partial charge in [-0.1, -0.05) is 11.6 Å². The van der Waals surface area contributed by atoms with Gasteiger partial charge in [-0.25, -0.2) is 4.98 Å². The molecule has 0 bridgehead atoms. The summed E-state index contributed by atoms with van der Waals surface area (Å²) in [5.74, 6) is 0.849. The van der Waals surface area contributed by atoms with Crippen molar-refractivity contribution in [2.45, 2.75) is 32.5 Å². The highest BCUT2D eigenvalue weighted by Gasteiger charge is 2.19. The Balaban J connectivity index is 2.10. The van der Waals surface area contributed by atoms with Crippen LogP contribution < -0.4 is 4.90 Å². The van der Waals surface area contributed by atoms with Gasteiger partial charge in [-0.05, 0) is 25.8 Å². The maximum atomic E-state index is 9.23. The van der Waals surface area contributed by atoms with Crippen LogP contribution in [0.25, 0.3) is 0 Å². The SMILES string of the molecule is CCN(CC1CCCO1)c1cc(CO)c(Cl)cn1. The molecular weight excluding hydrogens is 252 g/mol. The Bertz CT molecular complexity index is 395. The van der Waals surface area contributed by atoms with Crippen LogP contribution in [0.1, 0.15) is 25.3 Å². The van der Waals surface area contributed by atoms with E-state index in [0.29, 0.717) is 16.7 Å². The summed E-state index contributed by atoms with van der Waals surface area (Å²) in [6.07, 6.45) is 4.13. The molecule has 1 aromatic rings. The molecule has 4 nitrogen and oxygen atoms in total.